The summed E-state index contributed by atoms with van der Waals surface area (Å²) in [5, 5.41) is 1.76. The molecule has 4 aromatic heterocycles. The second-order valence-corrected chi connectivity index (χ2v) is 12.4. The molecule has 0 aliphatic heterocycles. The quantitative estimate of drug-likeness (QED) is 0.136. The molecular formula is C30H24Cl2F3N3O4S. The van der Waals surface area contributed by atoms with Gasteiger partial charge in [-0.1, -0.05) is 23.2 Å². The van der Waals surface area contributed by atoms with E-state index in [-0.39, 0.29) is 29.9 Å². The number of nitrogens with zero attached hydrogens (tertiary/aromatic N) is 3. The van der Waals surface area contributed by atoms with E-state index in [1.165, 1.54) is 11.3 Å². The first-order valence-corrected chi connectivity index (χ1v) is 14.6. The van der Waals surface area contributed by atoms with Crippen molar-refractivity contribution in [2.24, 2.45) is 0 Å². The largest absolute Gasteiger partial charge is 0.493 e. The van der Waals surface area contributed by atoms with Crippen LogP contribution in [0.4, 0.5) is 13.2 Å². The Morgan fingerprint density at radius 2 is 1.81 bits per heavy atom. The third-order valence-electron chi connectivity index (χ3n) is 6.42. The summed E-state index contributed by atoms with van der Waals surface area (Å²) >= 11 is 13.8. The number of carbonyl (C=O) groups is 1. The van der Waals surface area contributed by atoms with Crippen molar-refractivity contribution < 1.29 is 27.4 Å². The maximum Gasteiger partial charge on any atom is 0.416 e. The minimum atomic E-state index is -4.64. The van der Waals surface area contributed by atoms with Gasteiger partial charge in [-0.3, -0.25) is 14.2 Å². The van der Waals surface area contributed by atoms with Crippen molar-refractivity contribution in [3.8, 4) is 16.9 Å². The molecule has 0 unspecified atom stereocenters. The van der Waals surface area contributed by atoms with Crippen LogP contribution >= 0.6 is 34.5 Å². The third kappa shape index (κ3) is 6.34. The molecule has 0 radical (unpaired) electrons. The third-order valence-corrected chi connectivity index (χ3v) is 7.94. The maximum atomic E-state index is 13.2. The molecule has 0 aliphatic carbocycles. The normalized spacial score (nSPS) is 12.2. The van der Waals surface area contributed by atoms with Crippen molar-refractivity contribution in [3.05, 3.63) is 90.9 Å². The standard InChI is InChI=1S/C30H24Cl2F3N3O4S/c1-15-18(27(39)38-23(32)11-16(30(33,34)35)12-24(38)37-15)8-10-41-22-6-5-17(31)13-20(22)19-7-9-36-25-21(14-43-26(19)25)28(40)42-29(2,3)4/h5-7,9,11-14H,8,10H2,1-4H3. The lowest BCUT2D eigenvalue weighted by atomic mass is 10.0. The highest BCUT2D eigenvalue weighted by Gasteiger charge is 2.32. The van der Waals surface area contributed by atoms with Crippen LogP contribution in [0.3, 0.4) is 0 Å². The van der Waals surface area contributed by atoms with Crippen LogP contribution in [0.15, 0.2) is 52.8 Å². The molecular weight excluding hydrogens is 626 g/mol. The topological polar surface area (TPSA) is 82.8 Å². The number of esters is 1. The predicted octanol–water partition coefficient (Wildman–Crippen LogP) is 8.18. The number of carbonyl (C=O) groups excluding carboxylic acids is 1. The van der Waals surface area contributed by atoms with Crippen molar-refractivity contribution in [1.29, 1.82) is 0 Å². The number of fused-ring (bicyclic) bond motifs is 2. The Hall–Kier alpha value is -3.67. The van der Waals surface area contributed by atoms with Crippen LogP contribution in [0.25, 0.3) is 27.0 Å². The highest BCUT2D eigenvalue weighted by molar-refractivity contribution is 7.18. The van der Waals surface area contributed by atoms with Gasteiger partial charge in [0.1, 0.15) is 22.2 Å². The maximum absolute atomic E-state index is 13.2. The smallest absolute Gasteiger partial charge is 0.416 e. The number of aryl methyl sites for hydroxylation is 1. The zero-order chi connectivity index (χ0) is 31.3. The van der Waals surface area contributed by atoms with E-state index in [1.807, 2.05) is 0 Å². The van der Waals surface area contributed by atoms with Gasteiger partial charge in [0.15, 0.2) is 0 Å². The van der Waals surface area contributed by atoms with Crippen molar-refractivity contribution in [2.45, 2.75) is 45.9 Å². The zero-order valence-electron chi connectivity index (χ0n) is 23.3. The van der Waals surface area contributed by atoms with E-state index in [0.717, 1.165) is 20.7 Å². The van der Waals surface area contributed by atoms with Crippen LogP contribution in [-0.4, -0.2) is 32.5 Å². The Kier molecular flexibility index (Phi) is 8.19. The highest BCUT2D eigenvalue weighted by Crippen LogP contribution is 2.40. The van der Waals surface area contributed by atoms with Gasteiger partial charge in [-0.05, 0) is 64.1 Å². The fraction of sp³-hybridized carbons (Fsp3) is 0.267. The first kappa shape index (κ1) is 30.8. The van der Waals surface area contributed by atoms with E-state index in [1.54, 1.807) is 63.5 Å². The van der Waals surface area contributed by atoms with Crippen LogP contribution in [-0.2, 0) is 17.3 Å². The molecule has 4 heterocycles. The number of pyridine rings is 2. The molecule has 1 aromatic carbocycles. The summed E-state index contributed by atoms with van der Waals surface area (Å²) in [4.78, 5) is 34.7. The molecule has 0 bridgehead atoms. The summed E-state index contributed by atoms with van der Waals surface area (Å²) in [5.74, 6) is -0.0187. The summed E-state index contributed by atoms with van der Waals surface area (Å²) in [7, 11) is 0. The van der Waals surface area contributed by atoms with Crippen LogP contribution in [0.2, 0.25) is 10.2 Å². The Labute approximate surface area is 257 Å². The van der Waals surface area contributed by atoms with Crippen molar-refractivity contribution >= 4 is 56.4 Å². The monoisotopic (exact) mass is 649 g/mol. The van der Waals surface area contributed by atoms with Crippen molar-refractivity contribution in [2.75, 3.05) is 6.61 Å². The Bertz CT molecular complexity index is 1950. The van der Waals surface area contributed by atoms with E-state index < -0.39 is 34.0 Å². The number of aromatic nitrogens is 3. The predicted molar refractivity (Wildman–Crippen MR) is 161 cm³/mol. The van der Waals surface area contributed by atoms with Crippen molar-refractivity contribution in [3.63, 3.8) is 0 Å². The SMILES string of the molecule is Cc1nc2cc(C(F)(F)F)cc(Cl)n2c(=O)c1CCOc1ccc(Cl)cc1-c1ccnc2c(C(=O)OC(C)(C)C)csc12. The molecule has 7 nitrogen and oxygen atoms in total. The van der Waals surface area contributed by atoms with Gasteiger partial charge in [0.25, 0.3) is 5.56 Å². The van der Waals surface area contributed by atoms with Gasteiger partial charge < -0.3 is 9.47 Å². The Morgan fingerprint density at radius 3 is 2.51 bits per heavy atom. The average molecular weight is 651 g/mol. The van der Waals surface area contributed by atoms with Gasteiger partial charge in [-0.25, -0.2) is 9.78 Å². The summed E-state index contributed by atoms with van der Waals surface area (Å²) in [6.45, 7) is 6.95. The van der Waals surface area contributed by atoms with E-state index in [4.69, 9.17) is 32.7 Å². The fourth-order valence-electron chi connectivity index (χ4n) is 4.54. The lowest BCUT2D eigenvalue weighted by molar-refractivity contribution is -0.137. The molecule has 224 valence electrons. The lowest BCUT2D eigenvalue weighted by Crippen LogP contribution is -2.24. The number of hydrogen-bond donors (Lipinski definition) is 0. The molecule has 5 aromatic rings. The number of ether oxygens (including phenoxy) is 2. The molecule has 0 aliphatic rings. The van der Waals surface area contributed by atoms with Gasteiger partial charge in [0.2, 0.25) is 0 Å². The molecule has 0 fully saturated rings. The Balaban J connectivity index is 1.45. The van der Waals surface area contributed by atoms with Gasteiger partial charge >= 0.3 is 12.1 Å². The molecule has 0 saturated heterocycles. The fourth-order valence-corrected chi connectivity index (χ4v) is 6.01. The first-order chi connectivity index (χ1) is 20.1. The van der Waals surface area contributed by atoms with E-state index in [0.29, 0.717) is 33.5 Å². The van der Waals surface area contributed by atoms with Crippen LogP contribution in [0, 0.1) is 6.92 Å². The molecule has 43 heavy (non-hydrogen) atoms. The van der Waals surface area contributed by atoms with Gasteiger partial charge in [-0.15, -0.1) is 11.3 Å². The number of halogens is 5. The number of hydrogen-bond acceptors (Lipinski definition) is 7. The van der Waals surface area contributed by atoms with Gasteiger partial charge in [-0.2, -0.15) is 13.2 Å². The molecule has 0 saturated carbocycles. The molecule has 0 amide bonds. The summed E-state index contributed by atoms with van der Waals surface area (Å²) < 4.78 is 53.1. The number of alkyl halides is 3. The minimum absolute atomic E-state index is 0.0402. The average Bonchev–Trinajstić information content (AvgIpc) is 3.34. The Morgan fingerprint density at radius 1 is 1.07 bits per heavy atom. The van der Waals surface area contributed by atoms with Crippen LogP contribution in [0.5, 0.6) is 5.75 Å². The summed E-state index contributed by atoms with van der Waals surface area (Å²) in [6, 6.07) is 8.36. The van der Waals surface area contributed by atoms with E-state index in [9.17, 15) is 22.8 Å². The first-order valence-electron chi connectivity index (χ1n) is 13.0. The molecule has 5 rings (SSSR count). The van der Waals surface area contributed by atoms with Gasteiger partial charge in [0.05, 0.1) is 28.0 Å². The lowest BCUT2D eigenvalue weighted by Gasteiger charge is -2.19. The number of rotatable bonds is 6. The molecule has 13 heteroatoms. The summed E-state index contributed by atoms with van der Waals surface area (Å²) in [5.41, 5.74) is 0.288. The number of benzene rings is 1. The van der Waals surface area contributed by atoms with Crippen LogP contribution in [0.1, 0.15) is 48.0 Å². The molecule has 0 spiro atoms. The second-order valence-electron chi connectivity index (χ2n) is 10.7. The van der Waals surface area contributed by atoms with E-state index >= 15 is 0 Å². The minimum Gasteiger partial charge on any atom is -0.493 e. The molecule has 0 N–H and O–H groups in total. The van der Waals surface area contributed by atoms with Crippen molar-refractivity contribution in [1.82, 2.24) is 14.4 Å². The molecule has 0 atom stereocenters. The number of thiophene rings is 1. The second kappa shape index (κ2) is 11.4. The van der Waals surface area contributed by atoms with E-state index in [2.05, 4.69) is 9.97 Å². The summed E-state index contributed by atoms with van der Waals surface area (Å²) in [6.07, 6.45) is -2.95. The zero-order valence-corrected chi connectivity index (χ0v) is 25.6. The highest BCUT2D eigenvalue weighted by atomic mass is 35.5. The van der Waals surface area contributed by atoms with Crippen LogP contribution < -0.4 is 10.3 Å². The van der Waals surface area contributed by atoms with Gasteiger partial charge in [0, 0.05) is 45.4 Å².